The van der Waals surface area contributed by atoms with Crippen LogP contribution in [0, 0.1) is 0 Å². The first-order chi connectivity index (χ1) is 13.2. The van der Waals surface area contributed by atoms with E-state index in [0.29, 0.717) is 17.7 Å². The molecule has 0 aromatic heterocycles. The summed E-state index contributed by atoms with van der Waals surface area (Å²) in [7, 11) is 1.61. The van der Waals surface area contributed by atoms with Crippen LogP contribution in [0.15, 0.2) is 60.7 Å². The number of amides is 1. The Morgan fingerprint density at radius 2 is 1.81 bits per heavy atom. The molecule has 0 bridgehead atoms. The molecule has 3 aromatic rings. The van der Waals surface area contributed by atoms with Crippen LogP contribution in [0.3, 0.4) is 0 Å². The van der Waals surface area contributed by atoms with E-state index in [4.69, 9.17) is 4.74 Å². The molecule has 140 valence electrons. The fourth-order valence-electron chi connectivity index (χ4n) is 3.37. The van der Waals surface area contributed by atoms with Gasteiger partial charge in [-0.25, -0.2) is 0 Å². The molecule has 4 nitrogen and oxygen atoms in total. The molecule has 0 saturated heterocycles. The van der Waals surface area contributed by atoms with E-state index in [2.05, 4.69) is 12.2 Å². The van der Waals surface area contributed by atoms with Crippen molar-refractivity contribution in [3.63, 3.8) is 0 Å². The van der Waals surface area contributed by atoms with Crippen LogP contribution < -0.4 is 10.1 Å². The summed E-state index contributed by atoms with van der Waals surface area (Å²) in [6, 6.07) is 18.5. The smallest absolute Gasteiger partial charge is 0.220 e. The highest BCUT2D eigenvalue weighted by Crippen LogP contribution is 2.38. The lowest BCUT2D eigenvalue weighted by Crippen LogP contribution is -2.29. The second kappa shape index (κ2) is 8.58. The van der Waals surface area contributed by atoms with Crippen LogP contribution in [0.1, 0.15) is 43.4 Å². The molecule has 0 unspecified atom stereocenters. The van der Waals surface area contributed by atoms with E-state index in [1.165, 1.54) is 0 Å². The van der Waals surface area contributed by atoms with Gasteiger partial charge in [0.1, 0.15) is 11.5 Å². The first-order valence-electron chi connectivity index (χ1n) is 9.28. The lowest BCUT2D eigenvalue weighted by molar-refractivity contribution is -0.121. The number of fused-ring (bicyclic) bond motifs is 1. The van der Waals surface area contributed by atoms with E-state index in [1.807, 2.05) is 54.6 Å². The average Bonchev–Trinajstić information content (AvgIpc) is 2.71. The zero-order valence-corrected chi connectivity index (χ0v) is 15.7. The standard InChI is InChI=1S/C23H25NO3/c1-3-4-13-21(26)24-23(18-11-7-8-12-20(18)27-2)22-17-10-6-5-9-16(17)14-15-19(22)25/h5-12,14-15,23,25H,3-4,13H2,1-2H3,(H,24,26)/t23-/m1/s1. The number of methoxy groups -OCH3 is 1. The van der Waals surface area contributed by atoms with Crippen molar-refractivity contribution in [3.05, 3.63) is 71.8 Å². The fraction of sp³-hybridized carbons (Fsp3) is 0.261. The first-order valence-corrected chi connectivity index (χ1v) is 9.28. The quantitative estimate of drug-likeness (QED) is 0.624. The zero-order valence-electron chi connectivity index (χ0n) is 15.7. The van der Waals surface area contributed by atoms with E-state index in [1.54, 1.807) is 13.2 Å². The molecule has 0 fully saturated rings. The van der Waals surface area contributed by atoms with Crippen LogP contribution >= 0.6 is 0 Å². The van der Waals surface area contributed by atoms with Crippen molar-refractivity contribution in [3.8, 4) is 11.5 Å². The number of aromatic hydroxyl groups is 1. The maximum atomic E-state index is 12.6. The Balaban J connectivity index is 2.16. The van der Waals surface area contributed by atoms with Crippen LogP contribution in [-0.4, -0.2) is 18.1 Å². The summed E-state index contributed by atoms with van der Waals surface area (Å²) in [6.07, 6.45) is 2.23. The summed E-state index contributed by atoms with van der Waals surface area (Å²) in [5.74, 6) is 0.783. The molecule has 0 aliphatic heterocycles. The number of carbonyl (C=O) groups excluding carboxylic acids is 1. The van der Waals surface area contributed by atoms with Crippen LogP contribution in [0.25, 0.3) is 10.8 Å². The van der Waals surface area contributed by atoms with Crippen molar-refractivity contribution in [1.29, 1.82) is 0 Å². The molecule has 2 N–H and O–H groups in total. The minimum atomic E-state index is -0.503. The summed E-state index contributed by atoms with van der Waals surface area (Å²) in [5.41, 5.74) is 1.50. The van der Waals surface area contributed by atoms with Gasteiger partial charge < -0.3 is 15.2 Å². The van der Waals surface area contributed by atoms with Gasteiger partial charge in [0, 0.05) is 17.5 Å². The lowest BCUT2D eigenvalue weighted by Gasteiger charge is -2.24. The summed E-state index contributed by atoms with van der Waals surface area (Å²) in [4.78, 5) is 12.6. The van der Waals surface area contributed by atoms with Crippen LogP contribution in [0.2, 0.25) is 0 Å². The predicted molar refractivity (Wildman–Crippen MR) is 108 cm³/mol. The number of rotatable bonds is 7. The summed E-state index contributed by atoms with van der Waals surface area (Å²) < 4.78 is 5.53. The monoisotopic (exact) mass is 363 g/mol. The molecule has 0 aliphatic carbocycles. The predicted octanol–water partition coefficient (Wildman–Crippen LogP) is 4.95. The summed E-state index contributed by atoms with van der Waals surface area (Å²) >= 11 is 0. The third-order valence-corrected chi connectivity index (χ3v) is 4.75. The van der Waals surface area contributed by atoms with Gasteiger partial charge in [0.05, 0.1) is 13.2 Å². The van der Waals surface area contributed by atoms with E-state index < -0.39 is 6.04 Å². The van der Waals surface area contributed by atoms with Gasteiger partial charge in [-0.15, -0.1) is 0 Å². The number of nitrogens with one attached hydrogen (secondary N) is 1. The number of para-hydroxylation sites is 1. The number of hydrogen-bond donors (Lipinski definition) is 2. The Morgan fingerprint density at radius 3 is 2.59 bits per heavy atom. The molecule has 0 heterocycles. The highest BCUT2D eigenvalue weighted by atomic mass is 16.5. The molecule has 0 aliphatic rings. The van der Waals surface area contributed by atoms with Gasteiger partial charge in [-0.3, -0.25) is 4.79 Å². The molecule has 0 spiro atoms. The summed E-state index contributed by atoms with van der Waals surface area (Å²) in [5, 5.41) is 15.7. The Morgan fingerprint density at radius 1 is 1.07 bits per heavy atom. The van der Waals surface area contributed by atoms with E-state index >= 15 is 0 Å². The second-order valence-electron chi connectivity index (χ2n) is 6.57. The molecular weight excluding hydrogens is 338 g/mol. The number of unbranched alkanes of at least 4 members (excludes halogenated alkanes) is 1. The molecule has 1 atom stereocenters. The van der Waals surface area contributed by atoms with Gasteiger partial charge in [-0.1, -0.05) is 61.9 Å². The normalized spacial score (nSPS) is 11.9. The molecular formula is C23H25NO3. The molecule has 3 aromatic carbocycles. The highest BCUT2D eigenvalue weighted by Gasteiger charge is 2.24. The number of carbonyl (C=O) groups is 1. The maximum absolute atomic E-state index is 12.6. The van der Waals surface area contributed by atoms with Crippen molar-refractivity contribution < 1.29 is 14.6 Å². The minimum Gasteiger partial charge on any atom is -0.508 e. The Bertz CT molecular complexity index is 936. The van der Waals surface area contributed by atoms with Crippen molar-refractivity contribution in [2.75, 3.05) is 7.11 Å². The van der Waals surface area contributed by atoms with Gasteiger partial charge in [-0.2, -0.15) is 0 Å². The maximum Gasteiger partial charge on any atom is 0.220 e. The number of phenols is 1. The van der Waals surface area contributed by atoms with E-state index in [0.717, 1.165) is 29.2 Å². The number of ether oxygens (including phenoxy) is 1. The number of benzene rings is 3. The van der Waals surface area contributed by atoms with Gasteiger partial charge in [0.2, 0.25) is 5.91 Å². The zero-order chi connectivity index (χ0) is 19.2. The Hall–Kier alpha value is -3.01. The molecule has 1 amide bonds. The molecule has 3 rings (SSSR count). The van der Waals surface area contributed by atoms with Gasteiger partial charge >= 0.3 is 0 Å². The molecule has 27 heavy (non-hydrogen) atoms. The van der Waals surface area contributed by atoms with Crippen LogP contribution in [0.5, 0.6) is 11.5 Å². The van der Waals surface area contributed by atoms with Gasteiger partial charge in [-0.05, 0) is 29.3 Å². The lowest BCUT2D eigenvalue weighted by atomic mass is 9.92. The SMILES string of the molecule is CCCCC(=O)N[C@H](c1ccccc1OC)c1c(O)ccc2ccccc12. The topological polar surface area (TPSA) is 58.6 Å². The molecule has 0 saturated carbocycles. The summed E-state index contributed by atoms with van der Waals surface area (Å²) in [6.45, 7) is 2.06. The highest BCUT2D eigenvalue weighted by molar-refractivity contribution is 5.89. The van der Waals surface area contributed by atoms with Crippen LogP contribution in [-0.2, 0) is 4.79 Å². The average molecular weight is 363 g/mol. The fourth-order valence-corrected chi connectivity index (χ4v) is 3.37. The van der Waals surface area contributed by atoms with E-state index in [-0.39, 0.29) is 11.7 Å². The largest absolute Gasteiger partial charge is 0.508 e. The van der Waals surface area contributed by atoms with Gasteiger partial charge in [0.25, 0.3) is 0 Å². The van der Waals surface area contributed by atoms with Gasteiger partial charge in [0.15, 0.2) is 0 Å². The minimum absolute atomic E-state index is 0.0416. The van der Waals surface area contributed by atoms with Crippen molar-refractivity contribution in [1.82, 2.24) is 5.32 Å². The van der Waals surface area contributed by atoms with E-state index in [9.17, 15) is 9.90 Å². The van der Waals surface area contributed by atoms with Crippen molar-refractivity contribution in [2.45, 2.75) is 32.2 Å². The Labute approximate surface area is 159 Å². The number of phenolic OH excluding ortho intramolecular Hbond substituents is 1. The molecule has 4 heteroatoms. The third-order valence-electron chi connectivity index (χ3n) is 4.75. The Kier molecular flexibility index (Phi) is 5.97. The van der Waals surface area contributed by atoms with Crippen molar-refractivity contribution in [2.24, 2.45) is 0 Å². The third kappa shape index (κ3) is 4.05. The molecule has 0 radical (unpaired) electrons. The van der Waals surface area contributed by atoms with Crippen molar-refractivity contribution >= 4 is 16.7 Å². The first kappa shape index (κ1) is 18.8. The van der Waals surface area contributed by atoms with Crippen LogP contribution in [0.4, 0.5) is 0 Å². The second-order valence-corrected chi connectivity index (χ2v) is 6.57. The number of hydrogen-bond acceptors (Lipinski definition) is 3.